The van der Waals surface area contributed by atoms with Crippen LogP contribution in [-0.2, 0) is 11.3 Å². The van der Waals surface area contributed by atoms with Crippen LogP contribution in [0.15, 0.2) is 23.2 Å². The van der Waals surface area contributed by atoms with Gasteiger partial charge in [-0.1, -0.05) is 0 Å². The van der Waals surface area contributed by atoms with Gasteiger partial charge in [0.15, 0.2) is 5.96 Å². The summed E-state index contributed by atoms with van der Waals surface area (Å²) >= 11 is 0. The molecule has 1 aromatic rings. The lowest BCUT2D eigenvalue weighted by atomic mass is 10.2. The zero-order chi connectivity index (χ0) is 19.6. The molecule has 0 aromatic heterocycles. The van der Waals surface area contributed by atoms with Gasteiger partial charge in [-0.05, 0) is 44.7 Å². The van der Waals surface area contributed by atoms with Crippen molar-refractivity contribution in [3.05, 3.63) is 23.8 Å². The van der Waals surface area contributed by atoms with Gasteiger partial charge in [0, 0.05) is 32.3 Å². The summed E-state index contributed by atoms with van der Waals surface area (Å²) in [5.41, 5.74) is 0.999. The third kappa shape index (κ3) is 6.66. The Balaban J connectivity index is 2.09. The SMILES string of the molecule is CCNC(=NCc1ccc(OC)cc1OC1CCCC1)NCC(=O)N(C)C. The van der Waals surface area contributed by atoms with Crippen LogP contribution in [0.5, 0.6) is 11.5 Å². The third-order valence-corrected chi connectivity index (χ3v) is 4.53. The molecule has 0 atom stereocenters. The maximum atomic E-state index is 11.8. The number of ether oxygens (including phenoxy) is 2. The van der Waals surface area contributed by atoms with E-state index in [1.807, 2.05) is 25.1 Å². The van der Waals surface area contributed by atoms with Crippen LogP contribution in [0.3, 0.4) is 0 Å². The predicted octanol–water partition coefficient (Wildman–Crippen LogP) is 2.16. The van der Waals surface area contributed by atoms with Gasteiger partial charge in [0.25, 0.3) is 0 Å². The Morgan fingerprint density at radius 3 is 2.63 bits per heavy atom. The molecule has 1 aromatic carbocycles. The van der Waals surface area contributed by atoms with Crippen LogP contribution in [-0.4, -0.2) is 57.2 Å². The molecular formula is C20H32N4O3. The number of amides is 1. The number of methoxy groups -OCH3 is 1. The Bertz CT molecular complexity index is 640. The molecule has 2 rings (SSSR count). The highest BCUT2D eigenvalue weighted by Crippen LogP contribution is 2.30. The minimum Gasteiger partial charge on any atom is -0.497 e. The van der Waals surface area contributed by atoms with Gasteiger partial charge in [0.1, 0.15) is 11.5 Å². The molecule has 2 N–H and O–H groups in total. The molecule has 0 saturated heterocycles. The largest absolute Gasteiger partial charge is 0.497 e. The maximum Gasteiger partial charge on any atom is 0.241 e. The molecule has 0 radical (unpaired) electrons. The zero-order valence-electron chi connectivity index (χ0n) is 16.9. The van der Waals surface area contributed by atoms with E-state index in [4.69, 9.17) is 9.47 Å². The van der Waals surface area contributed by atoms with Gasteiger partial charge in [-0.2, -0.15) is 0 Å². The van der Waals surface area contributed by atoms with Crippen LogP contribution in [0.25, 0.3) is 0 Å². The number of carbonyl (C=O) groups is 1. The number of nitrogens with zero attached hydrogens (tertiary/aromatic N) is 2. The van der Waals surface area contributed by atoms with E-state index in [-0.39, 0.29) is 18.6 Å². The molecule has 0 unspecified atom stereocenters. The standard InChI is InChI=1S/C20H32N4O3/c1-5-21-20(23-14-19(25)24(2)3)22-13-15-10-11-17(26-4)12-18(15)27-16-8-6-7-9-16/h10-12,16H,5-9,13-14H2,1-4H3,(H2,21,22,23). The van der Waals surface area contributed by atoms with Crippen molar-refractivity contribution < 1.29 is 14.3 Å². The van der Waals surface area contributed by atoms with Gasteiger partial charge in [0.2, 0.25) is 5.91 Å². The van der Waals surface area contributed by atoms with Crippen molar-refractivity contribution in [2.45, 2.75) is 45.3 Å². The summed E-state index contributed by atoms with van der Waals surface area (Å²) in [6.07, 6.45) is 4.89. The summed E-state index contributed by atoms with van der Waals surface area (Å²) in [7, 11) is 5.12. The summed E-state index contributed by atoms with van der Waals surface area (Å²) in [4.78, 5) is 17.9. The van der Waals surface area contributed by atoms with Gasteiger partial charge in [-0.25, -0.2) is 4.99 Å². The Hall–Kier alpha value is -2.44. The average molecular weight is 377 g/mol. The molecule has 7 heteroatoms. The van der Waals surface area contributed by atoms with Gasteiger partial charge in [-0.3, -0.25) is 4.79 Å². The van der Waals surface area contributed by atoms with E-state index in [0.717, 1.165) is 36.4 Å². The molecular weight excluding hydrogens is 344 g/mol. The first kappa shape index (κ1) is 20.9. The van der Waals surface area contributed by atoms with Crippen molar-refractivity contribution in [3.63, 3.8) is 0 Å². The third-order valence-electron chi connectivity index (χ3n) is 4.53. The Kier molecular flexibility index (Phi) is 8.23. The second-order valence-corrected chi connectivity index (χ2v) is 6.83. The average Bonchev–Trinajstić information content (AvgIpc) is 3.17. The van der Waals surface area contributed by atoms with Crippen molar-refractivity contribution in [3.8, 4) is 11.5 Å². The second kappa shape index (κ2) is 10.6. The number of guanidine groups is 1. The van der Waals surface area contributed by atoms with E-state index in [9.17, 15) is 4.79 Å². The minimum atomic E-state index is -0.00435. The van der Waals surface area contributed by atoms with Crippen molar-refractivity contribution in [2.24, 2.45) is 4.99 Å². The fraction of sp³-hybridized carbons (Fsp3) is 0.600. The van der Waals surface area contributed by atoms with Gasteiger partial charge >= 0.3 is 0 Å². The van der Waals surface area contributed by atoms with E-state index in [1.54, 1.807) is 26.1 Å². The first-order valence-electron chi connectivity index (χ1n) is 9.59. The van der Waals surface area contributed by atoms with E-state index in [1.165, 1.54) is 12.8 Å². The Morgan fingerprint density at radius 2 is 2.00 bits per heavy atom. The van der Waals surface area contributed by atoms with Gasteiger partial charge in [0.05, 0.1) is 26.3 Å². The molecule has 1 aliphatic rings. The Morgan fingerprint density at radius 1 is 1.26 bits per heavy atom. The molecule has 0 heterocycles. The van der Waals surface area contributed by atoms with Crippen LogP contribution in [0.1, 0.15) is 38.2 Å². The summed E-state index contributed by atoms with van der Waals surface area (Å²) in [5, 5.41) is 6.23. The highest BCUT2D eigenvalue weighted by Gasteiger charge is 2.18. The van der Waals surface area contributed by atoms with E-state index >= 15 is 0 Å². The predicted molar refractivity (Wildman–Crippen MR) is 107 cm³/mol. The fourth-order valence-corrected chi connectivity index (χ4v) is 2.91. The minimum absolute atomic E-state index is 0.00435. The fourth-order valence-electron chi connectivity index (χ4n) is 2.91. The molecule has 0 aliphatic heterocycles. The monoisotopic (exact) mass is 376 g/mol. The van der Waals surface area contributed by atoms with Crippen molar-refractivity contribution in [1.82, 2.24) is 15.5 Å². The molecule has 7 nitrogen and oxygen atoms in total. The number of carbonyl (C=O) groups excluding carboxylic acids is 1. The summed E-state index contributed by atoms with van der Waals surface area (Å²) in [5.74, 6) is 2.20. The topological polar surface area (TPSA) is 75.2 Å². The summed E-state index contributed by atoms with van der Waals surface area (Å²) in [6.45, 7) is 3.37. The zero-order valence-corrected chi connectivity index (χ0v) is 16.9. The van der Waals surface area contributed by atoms with Crippen molar-refractivity contribution in [2.75, 3.05) is 34.3 Å². The van der Waals surface area contributed by atoms with Crippen LogP contribution in [0, 0.1) is 0 Å². The van der Waals surface area contributed by atoms with E-state index in [2.05, 4.69) is 15.6 Å². The smallest absolute Gasteiger partial charge is 0.241 e. The molecule has 150 valence electrons. The van der Waals surface area contributed by atoms with Crippen LogP contribution in [0.4, 0.5) is 0 Å². The number of aliphatic imine (C=N–C) groups is 1. The number of likely N-dealkylation sites (N-methyl/N-ethyl adjacent to an activating group) is 1. The molecule has 0 spiro atoms. The summed E-state index contributed by atoms with van der Waals surface area (Å²) in [6, 6.07) is 5.84. The van der Waals surface area contributed by atoms with E-state index < -0.39 is 0 Å². The number of benzene rings is 1. The number of hydrogen-bond acceptors (Lipinski definition) is 4. The van der Waals surface area contributed by atoms with E-state index in [0.29, 0.717) is 12.5 Å². The lowest BCUT2D eigenvalue weighted by Gasteiger charge is -2.17. The normalized spacial score (nSPS) is 14.7. The van der Waals surface area contributed by atoms with Crippen molar-refractivity contribution >= 4 is 11.9 Å². The lowest BCUT2D eigenvalue weighted by Crippen LogP contribution is -2.42. The van der Waals surface area contributed by atoms with Crippen LogP contribution >= 0.6 is 0 Å². The second-order valence-electron chi connectivity index (χ2n) is 6.83. The first-order valence-corrected chi connectivity index (χ1v) is 9.59. The molecule has 27 heavy (non-hydrogen) atoms. The quantitative estimate of drug-likeness (QED) is 0.537. The highest BCUT2D eigenvalue weighted by atomic mass is 16.5. The Labute approximate surface area is 162 Å². The maximum absolute atomic E-state index is 11.8. The number of nitrogens with one attached hydrogen (secondary N) is 2. The molecule has 1 aliphatic carbocycles. The molecule has 1 saturated carbocycles. The summed E-state index contributed by atoms with van der Waals surface area (Å²) < 4.78 is 11.6. The van der Waals surface area contributed by atoms with Gasteiger partial charge in [-0.15, -0.1) is 0 Å². The van der Waals surface area contributed by atoms with Gasteiger partial charge < -0.3 is 25.0 Å². The molecule has 0 bridgehead atoms. The van der Waals surface area contributed by atoms with Crippen LogP contribution < -0.4 is 20.1 Å². The first-order chi connectivity index (χ1) is 13.0. The number of rotatable bonds is 8. The number of hydrogen-bond donors (Lipinski definition) is 2. The molecule has 1 fully saturated rings. The van der Waals surface area contributed by atoms with Crippen molar-refractivity contribution in [1.29, 1.82) is 0 Å². The van der Waals surface area contributed by atoms with Crippen LogP contribution in [0.2, 0.25) is 0 Å². The lowest BCUT2D eigenvalue weighted by molar-refractivity contribution is -0.127. The molecule has 1 amide bonds. The highest BCUT2D eigenvalue weighted by molar-refractivity contribution is 5.86.